The Bertz CT molecular complexity index is 689. The number of esters is 1. The van der Waals surface area contributed by atoms with Crippen LogP contribution in [0.3, 0.4) is 0 Å². The number of ether oxygens (including phenoxy) is 1. The van der Waals surface area contributed by atoms with E-state index in [0.29, 0.717) is 32.9 Å². The van der Waals surface area contributed by atoms with Crippen LogP contribution >= 0.6 is 23.1 Å². The number of thiazole rings is 1. The van der Waals surface area contributed by atoms with Crippen molar-refractivity contribution in [3.63, 3.8) is 0 Å². The lowest BCUT2D eigenvalue weighted by atomic mass is 10.2. The lowest BCUT2D eigenvalue weighted by molar-refractivity contribution is 0.0598. The summed E-state index contributed by atoms with van der Waals surface area (Å²) in [5, 5.41) is 8.98. The molecule has 8 heteroatoms. The van der Waals surface area contributed by atoms with Gasteiger partial charge in [0.15, 0.2) is 4.34 Å². The Kier molecular flexibility index (Phi) is 4.69. The zero-order chi connectivity index (χ0) is 15.6. The minimum atomic E-state index is -0.973. The normalized spacial score (nSPS) is 10.6. The quantitative estimate of drug-likeness (QED) is 0.666. The predicted octanol–water partition coefficient (Wildman–Crippen LogP) is 3.13. The Balaban J connectivity index is 2.08. The highest BCUT2D eigenvalue weighted by molar-refractivity contribution is 8.00. The fourth-order valence-electron chi connectivity index (χ4n) is 1.69. The van der Waals surface area contributed by atoms with Crippen molar-refractivity contribution in [2.45, 2.75) is 23.9 Å². The molecular formula is C13H13NO5S2. The number of hydrogen-bond acceptors (Lipinski definition) is 7. The van der Waals surface area contributed by atoms with Crippen molar-refractivity contribution in [2.75, 3.05) is 7.11 Å². The van der Waals surface area contributed by atoms with Gasteiger partial charge in [-0.1, -0.05) is 11.8 Å². The number of hydrogen-bond donors (Lipinski definition) is 1. The predicted molar refractivity (Wildman–Crippen MR) is 78.2 cm³/mol. The Morgan fingerprint density at radius 2 is 2.19 bits per heavy atom. The van der Waals surface area contributed by atoms with Crippen LogP contribution in [0.15, 0.2) is 14.8 Å². The summed E-state index contributed by atoms with van der Waals surface area (Å²) >= 11 is 2.49. The number of nitrogens with zero attached hydrogens (tertiary/aromatic N) is 1. The van der Waals surface area contributed by atoms with E-state index in [-0.39, 0.29) is 4.88 Å². The van der Waals surface area contributed by atoms with Crippen molar-refractivity contribution in [3.05, 3.63) is 33.7 Å². The largest absolute Gasteiger partial charge is 0.477 e. The van der Waals surface area contributed by atoms with Crippen molar-refractivity contribution in [3.8, 4) is 0 Å². The van der Waals surface area contributed by atoms with Crippen LogP contribution in [0.2, 0.25) is 0 Å². The second-order valence-electron chi connectivity index (χ2n) is 4.16. The van der Waals surface area contributed by atoms with Crippen molar-refractivity contribution >= 4 is 35.0 Å². The lowest BCUT2D eigenvalue weighted by Crippen LogP contribution is -2.00. The maximum atomic E-state index is 11.5. The lowest BCUT2D eigenvalue weighted by Gasteiger charge is -1.93. The molecule has 2 rings (SSSR count). The summed E-state index contributed by atoms with van der Waals surface area (Å²) in [5.74, 6) is 0.162. The smallest absolute Gasteiger partial charge is 0.347 e. The van der Waals surface area contributed by atoms with Gasteiger partial charge in [-0.05, 0) is 19.9 Å². The molecule has 0 aliphatic rings. The number of carboxylic acids is 1. The van der Waals surface area contributed by atoms with Crippen LogP contribution in [0.25, 0.3) is 0 Å². The first-order chi connectivity index (χ1) is 9.92. The van der Waals surface area contributed by atoms with E-state index in [1.165, 1.54) is 18.9 Å². The van der Waals surface area contributed by atoms with Gasteiger partial charge in [0, 0.05) is 0 Å². The number of carbonyl (C=O) groups is 2. The molecule has 0 bridgehead atoms. The molecule has 112 valence electrons. The van der Waals surface area contributed by atoms with Gasteiger partial charge in [-0.3, -0.25) is 0 Å². The number of furan rings is 1. The van der Waals surface area contributed by atoms with Crippen molar-refractivity contribution in [2.24, 2.45) is 0 Å². The summed E-state index contributed by atoms with van der Waals surface area (Å²) in [5.41, 5.74) is 0.899. The molecule has 0 saturated heterocycles. The Morgan fingerprint density at radius 1 is 1.48 bits per heavy atom. The van der Waals surface area contributed by atoms with Gasteiger partial charge in [0.2, 0.25) is 0 Å². The third-order valence-corrected chi connectivity index (χ3v) is 4.99. The average molecular weight is 327 g/mol. The van der Waals surface area contributed by atoms with Gasteiger partial charge in [0.25, 0.3) is 0 Å². The van der Waals surface area contributed by atoms with E-state index in [1.54, 1.807) is 19.9 Å². The SMILES string of the molecule is COC(=O)c1cc(CSc2nc(C)c(C(=O)O)s2)oc1C. The maximum Gasteiger partial charge on any atom is 0.347 e. The molecule has 0 unspecified atom stereocenters. The van der Waals surface area contributed by atoms with Gasteiger partial charge in [0.1, 0.15) is 22.0 Å². The fourth-order valence-corrected chi connectivity index (χ4v) is 3.60. The van der Waals surface area contributed by atoms with E-state index in [4.69, 9.17) is 9.52 Å². The monoisotopic (exact) mass is 327 g/mol. The third-order valence-electron chi connectivity index (χ3n) is 2.68. The fraction of sp³-hybridized carbons (Fsp3) is 0.308. The number of carbonyl (C=O) groups excluding carboxylic acids is 1. The molecule has 0 spiro atoms. The highest BCUT2D eigenvalue weighted by Gasteiger charge is 2.17. The molecule has 2 aromatic rings. The highest BCUT2D eigenvalue weighted by atomic mass is 32.2. The standard InChI is InChI=1S/C13H13NO5S2/c1-6-10(11(15)16)21-13(14-6)20-5-8-4-9(7(2)19-8)12(17)18-3/h4H,5H2,1-3H3,(H,15,16). The number of rotatable bonds is 5. The second kappa shape index (κ2) is 6.31. The van der Waals surface area contributed by atoms with Crippen molar-refractivity contribution in [1.82, 2.24) is 4.98 Å². The summed E-state index contributed by atoms with van der Waals surface area (Å²) in [4.78, 5) is 26.9. The molecule has 1 N–H and O–H groups in total. The molecule has 2 aromatic heterocycles. The zero-order valence-electron chi connectivity index (χ0n) is 11.6. The third kappa shape index (κ3) is 3.45. The first kappa shape index (κ1) is 15.6. The molecule has 0 saturated carbocycles. The van der Waals surface area contributed by atoms with Gasteiger partial charge >= 0.3 is 11.9 Å². The summed E-state index contributed by atoms with van der Waals surface area (Å²) in [6, 6.07) is 1.63. The second-order valence-corrected chi connectivity index (χ2v) is 6.38. The van der Waals surface area contributed by atoms with Crippen molar-refractivity contribution in [1.29, 1.82) is 0 Å². The first-order valence-electron chi connectivity index (χ1n) is 5.93. The maximum absolute atomic E-state index is 11.5. The van der Waals surface area contributed by atoms with Gasteiger partial charge in [-0.15, -0.1) is 11.3 Å². The van der Waals surface area contributed by atoms with Crippen LogP contribution in [0, 0.1) is 13.8 Å². The van der Waals surface area contributed by atoms with Gasteiger partial charge in [0.05, 0.1) is 18.6 Å². The zero-order valence-corrected chi connectivity index (χ0v) is 13.3. The molecule has 6 nitrogen and oxygen atoms in total. The molecule has 2 heterocycles. The van der Waals surface area contributed by atoms with Gasteiger partial charge in [-0.25, -0.2) is 14.6 Å². The van der Waals surface area contributed by atoms with Crippen LogP contribution in [-0.4, -0.2) is 29.1 Å². The summed E-state index contributed by atoms with van der Waals surface area (Å²) in [6.07, 6.45) is 0. The van der Waals surface area contributed by atoms with E-state index in [1.807, 2.05) is 0 Å². The van der Waals surface area contributed by atoms with Crippen LogP contribution in [0.1, 0.15) is 37.2 Å². The first-order valence-corrected chi connectivity index (χ1v) is 7.73. The molecule has 0 radical (unpaired) electrons. The Morgan fingerprint density at radius 3 is 2.76 bits per heavy atom. The molecular weight excluding hydrogens is 314 g/mol. The van der Waals surface area contributed by atoms with Crippen LogP contribution in [0.5, 0.6) is 0 Å². The number of thioether (sulfide) groups is 1. The number of aromatic nitrogens is 1. The van der Waals surface area contributed by atoms with Gasteiger partial charge < -0.3 is 14.3 Å². The molecule has 0 aromatic carbocycles. The topological polar surface area (TPSA) is 89.6 Å². The number of methoxy groups -OCH3 is 1. The minimum Gasteiger partial charge on any atom is -0.477 e. The molecule has 0 aliphatic heterocycles. The van der Waals surface area contributed by atoms with Crippen LogP contribution in [-0.2, 0) is 10.5 Å². The minimum absolute atomic E-state index is 0.239. The number of aryl methyl sites for hydroxylation is 2. The average Bonchev–Trinajstić information content (AvgIpc) is 2.98. The Labute approximate surface area is 129 Å². The highest BCUT2D eigenvalue weighted by Crippen LogP contribution is 2.30. The molecule has 21 heavy (non-hydrogen) atoms. The summed E-state index contributed by atoms with van der Waals surface area (Å²) in [7, 11) is 1.31. The number of carboxylic acid groups (broad SMARTS) is 1. The van der Waals surface area contributed by atoms with E-state index < -0.39 is 11.9 Å². The van der Waals surface area contributed by atoms with Crippen LogP contribution < -0.4 is 0 Å². The Hall–Kier alpha value is -1.80. The van der Waals surface area contributed by atoms with E-state index in [0.717, 1.165) is 11.3 Å². The molecule has 0 amide bonds. The number of aromatic carboxylic acids is 1. The van der Waals surface area contributed by atoms with Crippen molar-refractivity contribution < 1.29 is 23.8 Å². The van der Waals surface area contributed by atoms with Crippen LogP contribution in [0.4, 0.5) is 0 Å². The summed E-state index contributed by atoms with van der Waals surface area (Å²) in [6.45, 7) is 3.35. The van der Waals surface area contributed by atoms with Gasteiger partial charge in [-0.2, -0.15) is 0 Å². The summed E-state index contributed by atoms with van der Waals surface area (Å²) < 4.78 is 10.8. The molecule has 0 fully saturated rings. The molecule has 0 aliphatic carbocycles. The van der Waals surface area contributed by atoms with E-state index in [9.17, 15) is 9.59 Å². The molecule has 0 atom stereocenters. The van der Waals surface area contributed by atoms with E-state index >= 15 is 0 Å². The van der Waals surface area contributed by atoms with E-state index in [2.05, 4.69) is 9.72 Å².